The van der Waals surface area contributed by atoms with Gasteiger partial charge in [-0.15, -0.1) is 0 Å². The number of nitro groups is 1. The number of nitro benzene ring substituents is 1. The van der Waals surface area contributed by atoms with Crippen molar-refractivity contribution in [1.82, 2.24) is 0 Å². The van der Waals surface area contributed by atoms with Gasteiger partial charge in [-0.25, -0.2) is 4.79 Å². The largest absolute Gasteiger partial charge is 0.497 e. The summed E-state index contributed by atoms with van der Waals surface area (Å²) in [6, 6.07) is 9.87. The summed E-state index contributed by atoms with van der Waals surface area (Å²) in [6.45, 7) is 0. The van der Waals surface area contributed by atoms with Crippen LogP contribution in [0.4, 0.5) is 5.69 Å². The van der Waals surface area contributed by atoms with E-state index in [4.69, 9.17) is 20.0 Å². The molecule has 0 fully saturated rings. The molecule has 0 spiro atoms. The molecule has 0 heterocycles. The van der Waals surface area contributed by atoms with E-state index in [9.17, 15) is 14.9 Å². The quantitative estimate of drug-likeness (QED) is 0.279. The molecule has 2 aromatic carbocycles. The molecule has 9 heteroatoms. The topological polar surface area (TPSA) is 126 Å². The van der Waals surface area contributed by atoms with Crippen molar-refractivity contribution in [2.45, 2.75) is 0 Å². The third-order valence-corrected chi connectivity index (χ3v) is 3.19. The number of non-ortho nitro benzene ring substituents is 1. The molecule has 2 rings (SSSR count). The van der Waals surface area contributed by atoms with E-state index in [1.807, 2.05) is 0 Å². The van der Waals surface area contributed by atoms with Gasteiger partial charge in [0.1, 0.15) is 11.5 Å². The fraction of sp³-hybridized carbons (Fsp3) is 0.125. The van der Waals surface area contributed by atoms with Gasteiger partial charge in [-0.05, 0) is 24.3 Å². The van der Waals surface area contributed by atoms with Crippen LogP contribution in [0.5, 0.6) is 11.5 Å². The number of methoxy groups -OCH3 is 2. The second-order valence-corrected chi connectivity index (χ2v) is 4.76. The first-order valence-corrected chi connectivity index (χ1v) is 6.97. The first-order valence-electron chi connectivity index (χ1n) is 6.97. The van der Waals surface area contributed by atoms with Crippen molar-refractivity contribution in [2.24, 2.45) is 10.9 Å². The maximum atomic E-state index is 12.1. The van der Waals surface area contributed by atoms with Gasteiger partial charge in [0, 0.05) is 23.8 Å². The van der Waals surface area contributed by atoms with Crippen molar-refractivity contribution in [1.29, 1.82) is 0 Å². The second-order valence-electron chi connectivity index (χ2n) is 4.76. The Kier molecular flexibility index (Phi) is 5.51. The zero-order chi connectivity index (χ0) is 18.4. The standard InChI is InChI=1S/C16H15N3O6/c1-23-13-7-11(8-14(9-13)24-2)16(20)25-18-15(17)10-3-5-12(6-4-10)19(21)22/h3-9H,1-2H3,(H2,17,18). The third-order valence-electron chi connectivity index (χ3n) is 3.19. The summed E-state index contributed by atoms with van der Waals surface area (Å²) in [4.78, 5) is 27.0. The van der Waals surface area contributed by atoms with Gasteiger partial charge in [-0.2, -0.15) is 0 Å². The SMILES string of the molecule is COc1cc(OC)cc(C(=O)O/N=C(/N)c2ccc([N+](=O)[O-])cc2)c1. The molecule has 0 aliphatic rings. The number of amidine groups is 1. The lowest BCUT2D eigenvalue weighted by atomic mass is 10.2. The van der Waals surface area contributed by atoms with Crippen LogP contribution in [0.25, 0.3) is 0 Å². The molecule has 0 saturated heterocycles. The monoisotopic (exact) mass is 345 g/mol. The molecule has 0 amide bonds. The number of rotatable bonds is 6. The minimum atomic E-state index is -0.762. The molecule has 0 bridgehead atoms. The van der Waals surface area contributed by atoms with Gasteiger partial charge in [0.2, 0.25) is 0 Å². The van der Waals surface area contributed by atoms with Crippen molar-refractivity contribution in [3.8, 4) is 11.5 Å². The fourth-order valence-corrected chi connectivity index (χ4v) is 1.88. The number of carbonyl (C=O) groups is 1. The highest BCUT2D eigenvalue weighted by Gasteiger charge is 2.12. The van der Waals surface area contributed by atoms with Gasteiger partial charge in [-0.1, -0.05) is 5.16 Å². The number of benzene rings is 2. The van der Waals surface area contributed by atoms with Crippen molar-refractivity contribution < 1.29 is 24.0 Å². The Morgan fingerprint density at radius 1 is 1.04 bits per heavy atom. The summed E-state index contributed by atoms with van der Waals surface area (Å²) in [5, 5.41) is 14.2. The number of hydrogen-bond acceptors (Lipinski definition) is 7. The van der Waals surface area contributed by atoms with E-state index in [1.165, 1.54) is 50.6 Å². The van der Waals surface area contributed by atoms with Crippen LogP contribution in [0, 0.1) is 10.1 Å². The molecule has 9 nitrogen and oxygen atoms in total. The summed E-state index contributed by atoms with van der Waals surface area (Å²) < 4.78 is 10.1. The van der Waals surface area contributed by atoms with Crippen LogP contribution in [-0.2, 0) is 4.84 Å². The summed E-state index contributed by atoms with van der Waals surface area (Å²) in [7, 11) is 2.91. The van der Waals surface area contributed by atoms with E-state index < -0.39 is 10.9 Å². The first kappa shape index (κ1) is 17.7. The van der Waals surface area contributed by atoms with Gasteiger partial charge < -0.3 is 20.0 Å². The van der Waals surface area contributed by atoms with Crippen LogP contribution in [-0.4, -0.2) is 30.9 Å². The molecule has 130 valence electrons. The second kappa shape index (κ2) is 7.77. The molecule has 0 saturated carbocycles. The molecule has 0 atom stereocenters. The van der Waals surface area contributed by atoms with Gasteiger partial charge in [0.05, 0.1) is 24.7 Å². The van der Waals surface area contributed by atoms with Crippen molar-refractivity contribution >= 4 is 17.5 Å². The lowest BCUT2D eigenvalue weighted by Gasteiger charge is -2.07. The lowest BCUT2D eigenvalue weighted by molar-refractivity contribution is -0.384. The third kappa shape index (κ3) is 4.44. The van der Waals surface area contributed by atoms with Gasteiger partial charge >= 0.3 is 5.97 Å². The number of carbonyl (C=O) groups excluding carboxylic acids is 1. The Bertz CT molecular complexity index is 795. The summed E-state index contributed by atoms with van der Waals surface area (Å²) in [5.41, 5.74) is 6.17. The van der Waals surface area contributed by atoms with Crippen molar-refractivity contribution in [3.63, 3.8) is 0 Å². The molecule has 2 N–H and O–H groups in total. The highest BCUT2D eigenvalue weighted by molar-refractivity contribution is 5.98. The van der Waals surface area contributed by atoms with Crippen molar-refractivity contribution in [2.75, 3.05) is 14.2 Å². The van der Waals surface area contributed by atoms with Crippen molar-refractivity contribution in [3.05, 3.63) is 63.7 Å². The van der Waals surface area contributed by atoms with Crippen LogP contribution < -0.4 is 15.2 Å². The molecule has 0 aliphatic heterocycles. The number of nitrogens with two attached hydrogens (primary N) is 1. The van der Waals surface area contributed by atoms with E-state index in [2.05, 4.69) is 5.16 Å². The van der Waals surface area contributed by atoms with Crippen LogP contribution in [0.3, 0.4) is 0 Å². The summed E-state index contributed by atoms with van der Waals surface area (Å²) in [5.74, 6) is -0.0302. The molecule has 0 unspecified atom stereocenters. The normalized spacial score (nSPS) is 10.9. The van der Waals surface area contributed by atoms with E-state index in [0.29, 0.717) is 17.1 Å². The highest BCUT2D eigenvalue weighted by Crippen LogP contribution is 2.23. The average molecular weight is 345 g/mol. The number of ether oxygens (including phenoxy) is 2. The summed E-state index contributed by atoms with van der Waals surface area (Å²) in [6.07, 6.45) is 0. The minimum Gasteiger partial charge on any atom is -0.497 e. The van der Waals surface area contributed by atoms with Crippen LogP contribution >= 0.6 is 0 Å². The molecule has 0 radical (unpaired) electrons. The number of hydrogen-bond donors (Lipinski definition) is 1. The van der Waals surface area contributed by atoms with E-state index in [0.717, 1.165) is 0 Å². The van der Waals surface area contributed by atoms with E-state index in [-0.39, 0.29) is 17.1 Å². The Hall–Kier alpha value is -3.62. The Labute approximate surface area is 142 Å². The van der Waals surface area contributed by atoms with Gasteiger partial charge in [0.15, 0.2) is 5.84 Å². The molecule has 25 heavy (non-hydrogen) atoms. The van der Waals surface area contributed by atoms with Crippen LogP contribution in [0.15, 0.2) is 47.6 Å². The summed E-state index contributed by atoms with van der Waals surface area (Å²) >= 11 is 0. The highest BCUT2D eigenvalue weighted by atomic mass is 16.7. The lowest BCUT2D eigenvalue weighted by Crippen LogP contribution is -2.15. The Morgan fingerprint density at radius 2 is 1.60 bits per heavy atom. The zero-order valence-electron chi connectivity index (χ0n) is 13.5. The predicted molar refractivity (Wildman–Crippen MR) is 88.8 cm³/mol. The Morgan fingerprint density at radius 3 is 2.08 bits per heavy atom. The molecule has 2 aromatic rings. The number of oxime groups is 1. The minimum absolute atomic E-state index is 0.0861. The molecular formula is C16H15N3O6. The Balaban J connectivity index is 2.14. The van der Waals surface area contributed by atoms with Crippen LogP contribution in [0.2, 0.25) is 0 Å². The fourth-order valence-electron chi connectivity index (χ4n) is 1.88. The molecular weight excluding hydrogens is 330 g/mol. The number of nitrogens with zero attached hydrogens (tertiary/aromatic N) is 2. The molecule has 0 aliphatic carbocycles. The maximum absolute atomic E-state index is 12.1. The average Bonchev–Trinajstić information content (AvgIpc) is 2.65. The molecule has 0 aromatic heterocycles. The first-order chi connectivity index (χ1) is 11.9. The van der Waals surface area contributed by atoms with E-state index >= 15 is 0 Å². The van der Waals surface area contributed by atoms with E-state index in [1.54, 1.807) is 6.07 Å². The zero-order valence-corrected chi connectivity index (χ0v) is 13.5. The van der Waals surface area contributed by atoms with Crippen LogP contribution in [0.1, 0.15) is 15.9 Å². The van der Waals surface area contributed by atoms with Gasteiger partial charge in [-0.3, -0.25) is 10.1 Å². The maximum Gasteiger partial charge on any atom is 0.366 e. The van der Waals surface area contributed by atoms with Gasteiger partial charge in [0.25, 0.3) is 5.69 Å². The predicted octanol–water partition coefficient (Wildman–Crippen LogP) is 2.09. The smallest absolute Gasteiger partial charge is 0.366 e.